The van der Waals surface area contributed by atoms with E-state index in [4.69, 9.17) is 4.74 Å². The quantitative estimate of drug-likeness (QED) is 0.305. The number of guanidine groups is 1. The summed E-state index contributed by atoms with van der Waals surface area (Å²) in [5, 5.41) is 6.56. The van der Waals surface area contributed by atoms with Crippen LogP contribution in [0, 0.1) is 18.7 Å². The van der Waals surface area contributed by atoms with E-state index in [-0.39, 0.29) is 35.8 Å². The van der Waals surface area contributed by atoms with Gasteiger partial charge < -0.3 is 15.4 Å². The Balaban J connectivity index is 0.00000300. The number of aryl methyl sites for hydroxylation is 1. The Hall–Kier alpha value is -1.90. The predicted octanol–water partition coefficient (Wildman–Crippen LogP) is 4.75. The zero-order chi connectivity index (χ0) is 19.9. The lowest BCUT2D eigenvalue weighted by Gasteiger charge is -2.19. The van der Waals surface area contributed by atoms with Gasteiger partial charge in [-0.3, -0.25) is 4.98 Å². The van der Waals surface area contributed by atoms with Gasteiger partial charge in [-0.05, 0) is 69.4 Å². The number of aromatic nitrogens is 1. The molecule has 5 nitrogen and oxygen atoms in total. The summed E-state index contributed by atoms with van der Waals surface area (Å²) in [5.41, 5.74) is 2.72. The van der Waals surface area contributed by atoms with Crippen LogP contribution in [0.3, 0.4) is 0 Å². The average Bonchev–Trinajstić information content (AvgIpc) is 3.50. The lowest BCUT2D eigenvalue weighted by Crippen LogP contribution is -2.38. The van der Waals surface area contributed by atoms with Crippen molar-refractivity contribution in [2.45, 2.75) is 46.2 Å². The number of nitrogens with zero attached hydrogens (tertiary/aromatic N) is 2. The van der Waals surface area contributed by atoms with Gasteiger partial charge in [-0.25, -0.2) is 9.38 Å². The summed E-state index contributed by atoms with van der Waals surface area (Å²) in [4.78, 5) is 9.07. The highest BCUT2D eigenvalue weighted by molar-refractivity contribution is 14.0. The van der Waals surface area contributed by atoms with Crippen LogP contribution in [0.1, 0.15) is 49.7 Å². The maximum Gasteiger partial charge on any atom is 0.192 e. The van der Waals surface area contributed by atoms with Crippen molar-refractivity contribution in [2.75, 3.05) is 13.2 Å². The van der Waals surface area contributed by atoms with Crippen molar-refractivity contribution in [1.29, 1.82) is 0 Å². The first kappa shape index (κ1) is 23.4. The molecule has 2 aromatic rings. The van der Waals surface area contributed by atoms with E-state index in [1.165, 1.54) is 18.9 Å². The van der Waals surface area contributed by atoms with Crippen molar-refractivity contribution >= 4 is 29.9 Å². The molecule has 1 unspecified atom stereocenters. The summed E-state index contributed by atoms with van der Waals surface area (Å²) in [6, 6.07) is 10.9. The maximum absolute atomic E-state index is 14.4. The minimum Gasteiger partial charge on any atom is -0.490 e. The third-order valence-electron chi connectivity index (χ3n) is 4.67. The second-order valence-corrected chi connectivity index (χ2v) is 7.28. The molecule has 0 saturated heterocycles. The molecule has 1 aliphatic carbocycles. The van der Waals surface area contributed by atoms with Gasteiger partial charge in [-0.2, -0.15) is 0 Å². The van der Waals surface area contributed by atoms with E-state index < -0.39 is 0 Å². The van der Waals surface area contributed by atoms with E-state index >= 15 is 0 Å². The number of halogens is 2. The van der Waals surface area contributed by atoms with Crippen molar-refractivity contribution in [3.05, 3.63) is 59.2 Å². The number of hydrogen-bond acceptors (Lipinski definition) is 3. The molecule has 7 heteroatoms. The number of hydrogen-bond donors (Lipinski definition) is 2. The Morgan fingerprint density at radius 3 is 2.76 bits per heavy atom. The summed E-state index contributed by atoms with van der Waals surface area (Å²) in [7, 11) is 0. The molecule has 1 aromatic carbocycles. The molecule has 1 heterocycles. The van der Waals surface area contributed by atoms with Gasteiger partial charge in [-0.1, -0.05) is 12.1 Å². The second-order valence-electron chi connectivity index (χ2n) is 7.28. The Morgan fingerprint density at radius 2 is 2.10 bits per heavy atom. The highest BCUT2D eigenvalue weighted by Crippen LogP contribution is 2.30. The van der Waals surface area contributed by atoms with Crippen molar-refractivity contribution < 1.29 is 9.13 Å². The molecule has 0 radical (unpaired) electrons. The van der Waals surface area contributed by atoms with Gasteiger partial charge in [0.2, 0.25) is 0 Å². The van der Waals surface area contributed by atoms with Gasteiger partial charge in [0.15, 0.2) is 17.5 Å². The molecule has 1 fully saturated rings. The van der Waals surface area contributed by atoms with E-state index in [0.29, 0.717) is 30.8 Å². The molecule has 1 atom stereocenters. The molecule has 0 spiro atoms. The van der Waals surface area contributed by atoms with Crippen molar-refractivity contribution in [3.63, 3.8) is 0 Å². The number of aliphatic imine (C=N–C) groups is 1. The van der Waals surface area contributed by atoms with Crippen LogP contribution in [0.15, 0.2) is 41.4 Å². The Labute approximate surface area is 189 Å². The molecule has 1 saturated carbocycles. The number of benzene rings is 1. The minimum absolute atomic E-state index is 0. The van der Waals surface area contributed by atoms with Crippen LogP contribution in [0.2, 0.25) is 0 Å². The van der Waals surface area contributed by atoms with Crippen LogP contribution in [0.5, 0.6) is 5.75 Å². The smallest absolute Gasteiger partial charge is 0.192 e. The zero-order valence-corrected chi connectivity index (χ0v) is 19.6. The monoisotopic (exact) mass is 512 g/mol. The molecule has 0 bridgehead atoms. The fourth-order valence-corrected chi connectivity index (χ4v) is 2.85. The number of rotatable bonds is 8. The third-order valence-corrected chi connectivity index (χ3v) is 4.67. The molecule has 3 rings (SSSR count). The van der Waals surface area contributed by atoms with Crippen molar-refractivity contribution in [1.82, 2.24) is 15.6 Å². The van der Waals surface area contributed by atoms with E-state index in [1.54, 1.807) is 6.07 Å². The Kier molecular flexibility index (Phi) is 9.13. The summed E-state index contributed by atoms with van der Waals surface area (Å²) in [5.74, 6) is 1.28. The largest absolute Gasteiger partial charge is 0.490 e. The third kappa shape index (κ3) is 7.45. The molecule has 0 aliphatic heterocycles. The van der Waals surface area contributed by atoms with Crippen LogP contribution in [-0.4, -0.2) is 24.1 Å². The van der Waals surface area contributed by atoms with Gasteiger partial charge in [0.1, 0.15) is 0 Å². The van der Waals surface area contributed by atoms with E-state index in [0.717, 1.165) is 23.5 Å². The van der Waals surface area contributed by atoms with Crippen LogP contribution in [0.4, 0.5) is 4.39 Å². The molecule has 158 valence electrons. The molecule has 29 heavy (non-hydrogen) atoms. The van der Waals surface area contributed by atoms with Gasteiger partial charge in [-0.15, -0.1) is 24.0 Å². The van der Waals surface area contributed by atoms with Gasteiger partial charge >= 0.3 is 0 Å². The summed E-state index contributed by atoms with van der Waals surface area (Å²) >= 11 is 0. The van der Waals surface area contributed by atoms with E-state index in [2.05, 4.69) is 20.6 Å². The first-order chi connectivity index (χ1) is 13.5. The average molecular weight is 512 g/mol. The molecule has 1 aliphatic rings. The van der Waals surface area contributed by atoms with E-state index in [9.17, 15) is 4.39 Å². The molecular formula is C22H30FIN4O. The lowest BCUT2D eigenvalue weighted by molar-refractivity contribution is 0.285. The molecule has 0 amide bonds. The molecule has 1 aromatic heterocycles. The fourth-order valence-electron chi connectivity index (χ4n) is 2.85. The van der Waals surface area contributed by atoms with Crippen LogP contribution in [-0.2, 0) is 6.54 Å². The van der Waals surface area contributed by atoms with Gasteiger partial charge in [0, 0.05) is 12.2 Å². The second kappa shape index (κ2) is 11.3. The highest BCUT2D eigenvalue weighted by Gasteiger charge is 2.22. The van der Waals surface area contributed by atoms with Crippen LogP contribution < -0.4 is 15.4 Å². The topological polar surface area (TPSA) is 58.5 Å². The molecular weight excluding hydrogens is 482 g/mol. The normalized spacial score (nSPS) is 14.7. The first-order valence-electron chi connectivity index (χ1n) is 9.94. The van der Waals surface area contributed by atoms with Crippen LogP contribution in [0.25, 0.3) is 0 Å². The predicted molar refractivity (Wildman–Crippen MR) is 125 cm³/mol. The van der Waals surface area contributed by atoms with Crippen LogP contribution >= 0.6 is 24.0 Å². The number of pyridine rings is 1. The highest BCUT2D eigenvalue weighted by atomic mass is 127. The van der Waals surface area contributed by atoms with Gasteiger partial charge in [0.05, 0.1) is 24.9 Å². The van der Waals surface area contributed by atoms with Gasteiger partial charge in [0.25, 0.3) is 0 Å². The number of ether oxygens (including phenoxy) is 1. The Bertz CT molecular complexity index is 826. The minimum atomic E-state index is -0.322. The fraction of sp³-hybridized carbons (Fsp3) is 0.455. The lowest BCUT2D eigenvalue weighted by atomic mass is 10.1. The van der Waals surface area contributed by atoms with Crippen molar-refractivity contribution in [3.8, 4) is 5.75 Å². The van der Waals surface area contributed by atoms with Crippen molar-refractivity contribution in [2.24, 2.45) is 10.9 Å². The Morgan fingerprint density at radius 1 is 1.31 bits per heavy atom. The maximum atomic E-state index is 14.4. The summed E-state index contributed by atoms with van der Waals surface area (Å²) < 4.78 is 19.9. The number of nitrogens with one attached hydrogen (secondary N) is 2. The zero-order valence-electron chi connectivity index (χ0n) is 17.2. The van der Waals surface area contributed by atoms with E-state index in [1.807, 2.05) is 45.0 Å². The SMILES string of the molecule is CCNC(=NCc1cccc(C)n1)NC(C)c1ccc(OCC2CC2)c(F)c1.I. The standard InChI is InChI=1S/C22H29FN4O.HI/c1-4-24-22(25-13-19-7-5-6-15(2)26-19)27-16(3)18-10-11-21(20(23)12-18)28-14-17-8-9-17;/h5-7,10-12,16-17H,4,8-9,13-14H2,1-3H3,(H2,24,25,27);1H. The summed E-state index contributed by atoms with van der Waals surface area (Å²) in [6.07, 6.45) is 2.37. The first-order valence-corrected chi connectivity index (χ1v) is 9.94. The molecule has 2 N–H and O–H groups in total. The summed E-state index contributed by atoms with van der Waals surface area (Å²) in [6.45, 7) is 7.78.